The zero-order valence-corrected chi connectivity index (χ0v) is 11.1. The lowest BCUT2D eigenvalue weighted by Gasteiger charge is -2.22. The van der Waals surface area contributed by atoms with Crippen LogP contribution in [0.4, 0.5) is 0 Å². The topological polar surface area (TPSA) is 92.0 Å². The molecule has 1 rings (SSSR count). The smallest absolute Gasteiger partial charge is 0.244 e. The number of guanidine groups is 1. The second kappa shape index (κ2) is 7.88. The summed E-state index contributed by atoms with van der Waals surface area (Å²) >= 11 is 0. The highest BCUT2D eigenvalue weighted by Gasteiger charge is 2.23. The maximum atomic E-state index is 12.0. The lowest BCUT2D eigenvalue weighted by molar-refractivity contribution is -0.131. The fraction of sp³-hybridized carbons (Fsp3) is 0.818. The van der Waals surface area contributed by atoms with Crippen LogP contribution in [0.1, 0.15) is 19.8 Å². The Morgan fingerprint density at radius 3 is 2.72 bits per heavy atom. The van der Waals surface area contributed by atoms with E-state index in [1.807, 2.05) is 11.8 Å². The molecule has 104 valence electrons. The van der Waals surface area contributed by atoms with E-state index >= 15 is 0 Å². The first-order valence-electron chi connectivity index (χ1n) is 6.24. The van der Waals surface area contributed by atoms with Crippen LogP contribution in [0.2, 0.25) is 0 Å². The van der Waals surface area contributed by atoms with Crippen LogP contribution in [-0.4, -0.2) is 56.2 Å². The zero-order valence-electron chi connectivity index (χ0n) is 11.1. The van der Waals surface area contributed by atoms with Gasteiger partial charge in [0, 0.05) is 20.2 Å². The predicted molar refractivity (Wildman–Crippen MR) is 69.9 cm³/mol. The molecule has 18 heavy (non-hydrogen) atoms. The first-order valence-corrected chi connectivity index (χ1v) is 6.24. The minimum Gasteiger partial charge on any atom is -0.383 e. The molecule has 7 nitrogen and oxygen atoms in total. The Kier molecular flexibility index (Phi) is 6.45. The van der Waals surface area contributed by atoms with Gasteiger partial charge < -0.3 is 15.0 Å². The van der Waals surface area contributed by atoms with Crippen molar-refractivity contribution in [2.75, 3.05) is 33.4 Å². The molecule has 1 aliphatic rings. The van der Waals surface area contributed by atoms with Gasteiger partial charge in [-0.25, -0.2) is 10.8 Å². The van der Waals surface area contributed by atoms with Crippen molar-refractivity contribution in [3.8, 4) is 0 Å². The monoisotopic (exact) mass is 257 g/mol. The van der Waals surface area contributed by atoms with Gasteiger partial charge in [0.2, 0.25) is 11.9 Å². The fourth-order valence-electron chi connectivity index (χ4n) is 1.86. The Labute approximate surface area is 108 Å². The van der Waals surface area contributed by atoms with Crippen LogP contribution in [0.25, 0.3) is 0 Å². The van der Waals surface area contributed by atoms with E-state index in [9.17, 15) is 4.79 Å². The summed E-state index contributed by atoms with van der Waals surface area (Å²) in [5.74, 6) is 5.84. The Morgan fingerprint density at radius 1 is 1.50 bits per heavy atom. The third kappa shape index (κ3) is 4.50. The average molecular weight is 257 g/mol. The van der Waals surface area contributed by atoms with Crippen LogP contribution >= 0.6 is 0 Å². The van der Waals surface area contributed by atoms with Gasteiger partial charge >= 0.3 is 0 Å². The van der Waals surface area contributed by atoms with Crippen molar-refractivity contribution in [2.45, 2.75) is 25.8 Å². The third-order valence-corrected chi connectivity index (χ3v) is 2.84. The number of aliphatic imine (C=N–C) groups is 1. The lowest BCUT2D eigenvalue weighted by atomic mass is 10.3. The zero-order chi connectivity index (χ0) is 13.4. The Morgan fingerprint density at radius 2 is 2.17 bits per heavy atom. The first kappa shape index (κ1) is 14.7. The van der Waals surface area contributed by atoms with E-state index in [1.54, 1.807) is 7.11 Å². The number of nitrogens with two attached hydrogens (primary N) is 1. The number of amides is 1. The summed E-state index contributed by atoms with van der Waals surface area (Å²) in [5.41, 5.74) is 2.45. The number of ether oxygens (including phenoxy) is 1. The van der Waals surface area contributed by atoms with Crippen molar-refractivity contribution in [2.24, 2.45) is 10.8 Å². The Bertz CT molecular complexity index is 289. The number of hydrazine groups is 1. The number of methoxy groups -OCH3 is 1. The molecule has 1 aliphatic heterocycles. The maximum absolute atomic E-state index is 12.0. The normalized spacial score (nSPS) is 17.7. The maximum Gasteiger partial charge on any atom is 0.244 e. The van der Waals surface area contributed by atoms with Gasteiger partial charge in [0.15, 0.2) is 0 Å². The van der Waals surface area contributed by atoms with E-state index in [0.29, 0.717) is 19.1 Å². The molecule has 0 saturated carbocycles. The number of nitrogens with zero attached hydrogens (tertiary/aromatic N) is 2. The van der Waals surface area contributed by atoms with Crippen LogP contribution in [-0.2, 0) is 9.53 Å². The van der Waals surface area contributed by atoms with Crippen molar-refractivity contribution in [1.82, 2.24) is 15.6 Å². The molecule has 0 bridgehead atoms. The molecule has 1 unspecified atom stereocenters. The van der Waals surface area contributed by atoms with Gasteiger partial charge in [-0.1, -0.05) is 0 Å². The highest BCUT2D eigenvalue weighted by atomic mass is 16.5. The van der Waals surface area contributed by atoms with Crippen LogP contribution in [0, 0.1) is 0 Å². The molecule has 1 amide bonds. The molecule has 1 fully saturated rings. The quantitative estimate of drug-likeness (QED) is 0.194. The third-order valence-electron chi connectivity index (χ3n) is 2.84. The Hall–Kier alpha value is -1.34. The summed E-state index contributed by atoms with van der Waals surface area (Å²) in [6, 6.07) is -0.333. The first-order chi connectivity index (χ1) is 8.69. The van der Waals surface area contributed by atoms with Gasteiger partial charge in [-0.15, -0.1) is 0 Å². The van der Waals surface area contributed by atoms with E-state index in [-0.39, 0.29) is 11.9 Å². The SMILES string of the molecule is COCCN=C(NN)NC(C)C(=O)N1CCCC1. The number of likely N-dealkylation sites (tertiary alicyclic amines) is 1. The molecule has 1 atom stereocenters. The van der Waals surface area contributed by atoms with Gasteiger partial charge in [-0.05, 0) is 19.8 Å². The number of rotatable bonds is 5. The molecule has 1 saturated heterocycles. The molecule has 0 aromatic rings. The van der Waals surface area contributed by atoms with Crippen molar-refractivity contribution in [3.05, 3.63) is 0 Å². The van der Waals surface area contributed by atoms with E-state index in [4.69, 9.17) is 10.6 Å². The van der Waals surface area contributed by atoms with Crippen LogP contribution < -0.4 is 16.6 Å². The van der Waals surface area contributed by atoms with E-state index in [0.717, 1.165) is 25.9 Å². The molecule has 4 N–H and O–H groups in total. The molecule has 0 aliphatic carbocycles. The van der Waals surface area contributed by atoms with Crippen molar-refractivity contribution in [3.63, 3.8) is 0 Å². The average Bonchev–Trinajstić information content (AvgIpc) is 2.90. The second-order valence-corrected chi connectivity index (χ2v) is 4.27. The minimum absolute atomic E-state index is 0.0854. The molecule has 0 spiro atoms. The number of hydrogen-bond donors (Lipinski definition) is 3. The Balaban J connectivity index is 2.42. The van der Waals surface area contributed by atoms with E-state index in [2.05, 4.69) is 15.7 Å². The summed E-state index contributed by atoms with van der Waals surface area (Å²) < 4.78 is 4.89. The largest absolute Gasteiger partial charge is 0.383 e. The second-order valence-electron chi connectivity index (χ2n) is 4.27. The van der Waals surface area contributed by atoms with E-state index < -0.39 is 0 Å². The number of hydrogen-bond acceptors (Lipinski definition) is 4. The van der Waals surface area contributed by atoms with Crippen molar-refractivity contribution >= 4 is 11.9 Å². The van der Waals surface area contributed by atoms with Gasteiger partial charge in [-0.2, -0.15) is 0 Å². The number of carbonyl (C=O) groups is 1. The van der Waals surface area contributed by atoms with Crippen LogP contribution in [0.5, 0.6) is 0 Å². The molecule has 0 aromatic heterocycles. The number of carbonyl (C=O) groups excluding carboxylic acids is 1. The van der Waals surface area contributed by atoms with Crippen LogP contribution in [0.15, 0.2) is 4.99 Å². The molecule has 1 heterocycles. The van der Waals surface area contributed by atoms with Crippen LogP contribution in [0.3, 0.4) is 0 Å². The predicted octanol–water partition coefficient (Wildman–Crippen LogP) is -0.947. The van der Waals surface area contributed by atoms with Gasteiger partial charge in [-0.3, -0.25) is 10.2 Å². The van der Waals surface area contributed by atoms with Gasteiger partial charge in [0.05, 0.1) is 13.2 Å². The van der Waals surface area contributed by atoms with Gasteiger partial charge in [0.25, 0.3) is 0 Å². The highest BCUT2D eigenvalue weighted by Crippen LogP contribution is 2.08. The molecular weight excluding hydrogens is 234 g/mol. The summed E-state index contributed by atoms with van der Waals surface area (Å²) in [5, 5.41) is 2.97. The minimum atomic E-state index is -0.333. The molecule has 7 heteroatoms. The van der Waals surface area contributed by atoms with Crippen molar-refractivity contribution < 1.29 is 9.53 Å². The lowest BCUT2D eigenvalue weighted by Crippen LogP contribution is -2.51. The summed E-state index contributed by atoms with van der Waals surface area (Å²) in [7, 11) is 1.61. The summed E-state index contributed by atoms with van der Waals surface area (Å²) in [6.45, 7) is 4.51. The molecule has 0 aromatic carbocycles. The molecular formula is C11H23N5O2. The summed E-state index contributed by atoms with van der Waals surface area (Å²) in [6.07, 6.45) is 2.17. The summed E-state index contributed by atoms with van der Waals surface area (Å²) in [4.78, 5) is 18.1. The standard InChI is InChI=1S/C11H23N5O2/c1-9(10(17)16-6-3-4-7-16)14-11(15-12)13-5-8-18-2/h9H,3-8,12H2,1-2H3,(H2,13,14,15). The number of nitrogens with one attached hydrogen (secondary N) is 2. The van der Waals surface area contributed by atoms with Crippen molar-refractivity contribution in [1.29, 1.82) is 0 Å². The molecule has 0 radical (unpaired) electrons. The fourth-order valence-corrected chi connectivity index (χ4v) is 1.86. The highest BCUT2D eigenvalue weighted by molar-refractivity contribution is 5.88. The van der Waals surface area contributed by atoms with E-state index in [1.165, 1.54) is 0 Å². The van der Waals surface area contributed by atoms with Gasteiger partial charge in [0.1, 0.15) is 6.04 Å².